The monoisotopic (exact) mass is 379 g/mol. The molecule has 142 valence electrons. The van der Waals surface area contributed by atoms with Gasteiger partial charge in [0.2, 0.25) is 21.8 Å². The van der Waals surface area contributed by atoms with Gasteiger partial charge >= 0.3 is 0 Å². The summed E-state index contributed by atoms with van der Waals surface area (Å²) >= 11 is 0. The third-order valence-electron chi connectivity index (χ3n) is 5.36. The zero-order chi connectivity index (χ0) is 19.1. The molecule has 2 amide bonds. The fraction of sp³-hybridized carbons (Fsp3) is 0.556. The summed E-state index contributed by atoms with van der Waals surface area (Å²) < 4.78 is 27.7. The van der Waals surface area contributed by atoms with Gasteiger partial charge in [-0.3, -0.25) is 9.59 Å². The lowest BCUT2D eigenvalue weighted by atomic mass is 9.95. The Morgan fingerprint density at radius 1 is 1.27 bits per heavy atom. The predicted molar refractivity (Wildman–Crippen MR) is 98.0 cm³/mol. The molecule has 2 aliphatic heterocycles. The van der Waals surface area contributed by atoms with E-state index < -0.39 is 21.8 Å². The molecule has 0 radical (unpaired) electrons. The van der Waals surface area contributed by atoms with Crippen LogP contribution < -0.4 is 10.6 Å². The van der Waals surface area contributed by atoms with Crippen LogP contribution in [0.1, 0.15) is 38.2 Å². The number of benzene rings is 1. The highest BCUT2D eigenvalue weighted by Gasteiger charge is 2.37. The molecule has 0 bridgehead atoms. The van der Waals surface area contributed by atoms with Crippen LogP contribution in [-0.2, 0) is 19.6 Å². The molecule has 0 spiro atoms. The van der Waals surface area contributed by atoms with Gasteiger partial charge in [-0.25, -0.2) is 8.42 Å². The first kappa shape index (κ1) is 18.8. The van der Waals surface area contributed by atoms with E-state index >= 15 is 0 Å². The third kappa shape index (κ3) is 3.35. The largest absolute Gasteiger partial charge is 0.369 e. The molecule has 2 N–H and O–H groups in total. The van der Waals surface area contributed by atoms with Gasteiger partial charge in [-0.1, -0.05) is 0 Å². The fourth-order valence-corrected chi connectivity index (χ4v) is 5.69. The molecule has 2 aliphatic rings. The number of hydrogen-bond acceptors (Lipinski definition) is 4. The number of rotatable bonds is 4. The Hall–Kier alpha value is -1.93. The van der Waals surface area contributed by atoms with Crippen molar-refractivity contribution in [2.75, 3.05) is 18.0 Å². The smallest absolute Gasteiger partial charge is 0.243 e. The van der Waals surface area contributed by atoms with Crippen molar-refractivity contribution < 1.29 is 18.0 Å². The lowest BCUT2D eigenvalue weighted by Crippen LogP contribution is -2.48. The lowest BCUT2D eigenvalue weighted by molar-refractivity contribution is -0.123. The zero-order valence-corrected chi connectivity index (χ0v) is 16.0. The van der Waals surface area contributed by atoms with Crippen molar-refractivity contribution in [2.45, 2.75) is 50.5 Å². The molecule has 1 aromatic rings. The van der Waals surface area contributed by atoms with Crippen molar-refractivity contribution in [3.05, 3.63) is 23.8 Å². The maximum atomic E-state index is 13.2. The van der Waals surface area contributed by atoms with Crippen LogP contribution in [0.25, 0.3) is 0 Å². The Kier molecular flexibility index (Phi) is 5.07. The molecular weight excluding hydrogens is 354 g/mol. The van der Waals surface area contributed by atoms with Crippen LogP contribution in [0, 0.1) is 12.8 Å². The van der Waals surface area contributed by atoms with Crippen LogP contribution in [0.2, 0.25) is 0 Å². The molecule has 8 heteroatoms. The summed E-state index contributed by atoms with van der Waals surface area (Å²) in [5.74, 6) is -0.853. The Labute approximate surface area is 154 Å². The second-order valence-electron chi connectivity index (χ2n) is 7.20. The number of primary amides is 1. The van der Waals surface area contributed by atoms with E-state index in [0.717, 1.165) is 12.1 Å². The summed E-state index contributed by atoms with van der Waals surface area (Å²) in [5.41, 5.74) is 6.71. The van der Waals surface area contributed by atoms with E-state index in [-0.39, 0.29) is 23.4 Å². The molecule has 1 aromatic carbocycles. The molecule has 2 heterocycles. The second-order valence-corrected chi connectivity index (χ2v) is 9.06. The lowest BCUT2D eigenvalue weighted by Gasteiger charge is -2.36. The summed E-state index contributed by atoms with van der Waals surface area (Å²) in [6.45, 7) is 4.36. The standard InChI is InChI=1S/C18H25N3O4S/c1-12-10-15(20-9-3-4-17(20)22)7-8-16(12)26(24,25)21-11-14(18(19)23)6-5-13(21)2/h7-8,10,13-14H,3-6,9,11H2,1-2H3,(H2,19,23)/t13-,14-/m0/s1. The van der Waals surface area contributed by atoms with Gasteiger partial charge in [0, 0.05) is 31.2 Å². The predicted octanol–water partition coefficient (Wildman–Crippen LogP) is 1.40. The summed E-state index contributed by atoms with van der Waals surface area (Å²) in [5, 5.41) is 0. The van der Waals surface area contributed by atoms with E-state index in [9.17, 15) is 18.0 Å². The molecule has 26 heavy (non-hydrogen) atoms. The highest BCUT2D eigenvalue weighted by molar-refractivity contribution is 7.89. The van der Waals surface area contributed by atoms with Gasteiger partial charge in [0.15, 0.2) is 0 Å². The molecule has 2 saturated heterocycles. The first-order valence-electron chi connectivity index (χ1n) is 8.94. The molecule has 0 aliphatic carbocycles. The molecule has 3 rings (SSSR count). The summed E-state index contributed by atoms with van der Waals surface area (Å²) in [7, 11) is -3.74. The number of nitrogens with zero attached hydrogens (tertiary/aromatic N) is 2. The SMILES string of the molecule is Cc1cc(N2CCCC2=O)ccc1S(=O)(=O)N1C[C@@H](C(N)=O)CC[C@@H]1C. The number of aryl methyl sites for hydroxylation is 1. The van der Waals surface area contributed by atoms with Gasteiger partial charge in [-0.15, -0.1) is 0 Å². The van der Waals surface area contributed by atoms with Crippen LogP contribution in [-0.4, -0.2) is 43.7 Å². The quantitative estimate of drug-likeness (QED) is 0.854. The fourth-order valence-electron chi connectivity index (χ4n) is 3.78. The highest BCUT2D eigenvalue weighted by Crippen LogP contribution is 2.31. The minimum absolute atomic E-state index is 0.0639. The number of piperidine rings is 1. The first-order chi connectivity index (χ1) is 12.2. The Morgan fingerprint density at radius 2 is 2.00 bits per heavy atom. The minimum Gasteiger partial charge on any atom is -0.369 e. The number of anilines is 1. The summed E-state index contributed by atoms with van der Waals surface area (Å²) in [6.07, 6.45) is 2.56. The van der Waals surface area contributed by atoms with Gasteiger partial charge in [-0.2, -0.15) is 4.31 Å². The number of carbonyl (C=O) groups is 2. The maximum Gasteiger partial charge on any atom is 0.243 e. The number of amides is 2. The maximum absolute atomic E-state index is 13.2. The van der Waals surface area contributed by atoms with Gasteiger partial charge in [-0.05, 0) is 56.9 Å². The molecule has 7 nitrogen and oxygen atoms in total. The van der Waals surface area contributed by atoms with Gasteiger partial charge in [0.1, 0.15) is 0 Å². The van der Waals surface area contributed by atoms with Gasteiger partial charge < -0.3 is 10.6 Å². The normalized spacial score (nSPS) is 24.8. The van der Waals surface area contributed by atoms with Crippen LogP contribution in [0.5, 0.6) is 0 Å². The van der Waals surface area contributed by atoms with E-state index in [1.807, 2.05) is 6.92 Å². The number of sulfonamides is 1. The summed E-state index contributed by atoms with van der Waals surface area (Å²) in [4.78, 5) is 25.3. The van der Waals surface area contributed by atoms with Crippen molar-refractivity contribution in [3.63, 3.8) is 0 Å². The Bertz CT molecular complexity index is 837. The van der Waals surface area contributed by atoms with Crippen molar-refractivity contribution >= 4 is 27.5 Å². The molecule has 2 atom stereocenters. The minimum atomic E-state index is -3.74. The molecule has 0 unspecified atom stereocenters. The molecule has 0 saturated carbocycles. The second kappa shape index (κ2) is 7.00. The van der Waals surface area contributed by atoms with Crippen molar-refractivity contribution in [1.82, 2.24) is 4.31 Å². The van der Waals surface area contributed by atoms with E-state index in [1.165, 1.54) is 4.31 Å². The first-order valence-corrected chi connectivity index (χ1v) is 10.4. The highest BCUT2D eigenvalue weighted by atomic mass is 32.2. The van der Waals surface area contributed by atoms with Crippen LogP contribution in [0.15, 0.2) is 23.1 Å². The van der Waals surface area contributed by atoms with Crippen LogP contribution in [0.4, 0.5) is 5.69 Å². The average Bonchev–Trinajstić information content (AvgIpc) is 3.00. The number of carbonyl (C=O) groups excluding carboxylic acids is 2. The Balaban J connectivity index is 1.91. The number of hydrogen-bond donors (Lipinski definition) is 1. The molecule has 2 fully saturated rings. The average molecular weight is 379 g/mol. The van der Waals surface area contributed by atoms with Crippen molar-refractivity contribution in [3.8, 4) is 0 Å². The molecular formula is C18H25N3O4S. The zero-order valence-electron chi connectivity index (χ0n) is 15.1. The van der Waals surface area contributed by atoms with Crippen molar-refractivity contribution in [1.29, 1.82) is 0 Å². The Morgan fingerprint density at radius 3 is 2.58 bits per heavy atom. The van der Waals surface area contributed by atoms with Crippen LogP contribution >= 0.6 is 0 Å². The third-order valence-corrected chi connectivity index (χ3v) is 7.50. The summed E-state index contributed by atoms with van der Waals surface area (Å²) in [6, 6.07) is 4.81. The van der Waals surface area contributed by atoms with Gasteiger partial charge in [0.05, 0.1) is 10.8 Å². The van der Waals surface area contributed by atoms with E-state index in [4.69, 9.17) is 5.73 Å². The van der Waals surface area contributed by atoms with E-state index in [0.29, 0.717) is 31.4 Å². The molecule has 0 aromatic heterocycles. The van der Waals surface area contributed by atoms with Crippen molar-refractivity contribution in [2.24, 2.45) is 11.7 Å². The van der Waals surface area contributed by atoms with E-state index in [1.54, 1.807) is 30.0 Å². The van der Waals surface area contributed by atoms with Crippen LogP contribution in [0.3, 0.4) is 0 Å². The van der Waals surface area contributed by atoms with E-state index in [2.05, 4.69) is 0 Å². The topological polar surface area (TPSA) is 101 Å². The van der Waals surface area contributed by atoms with Gasteiger partial charge in [0.25, 0.3) is 0 Å². The number of nitrogens with two attached hydrogens (primary N) is 1.